The molecule has 0 spiro atoms. The zero-order chi connectivity index (χ0) is 22.7. The van der Waals surface area contributed by atoms with Gasteiger partial charge in [-0.2, -0.15) is 8.42 Å². The monoisotopic (exact) mass is 466 g/mol. The fourth-order valence-corrected chi connectivity index (χ4v) is 8.37. The first-order chi connectivity index (χ1) is 15.2. The van der Waals surface area contributed by atoms with E-state index in [2.05, 4.69) is 4.98 Å². The fraction of sp³-hybridized carbons (Fsp3) is 0.167. The second-order valence-corrected chi connectivity index (χ2v) is 12.1. The van der Waals surface area contributed by atoms with Crippen LogP contribution < -0.4 is 3.71 Å². The van der Waals surface area contributed by atoms with Crippen LogP contribution in [0.2, 0.25) is 0 Å². The van der Waals surface area contributed by atoms with Gasteiger partial charge in [-0.3, -0.25) is 0 Å². The van der Waals surface area contributed by atoms with Gasteiger partial charge in [0.2, 0.25) is 0 Å². The van der Waals surface area contributed by atoms with Gasteiger partial charge in [-0.1, -0.05) is 60.2 Å². The predicted molar refractivity (Wildman–Crippen MR) is 126 cm³/mol. The molecule has 0 amide bonds. The molecule has 1 atom stereocenters. The van der Waals surface area contributed by atoms with Crippen molar-refractivity contribution in [3.8, 4) is 0 Å². The molecule has 1 aliphatic heterocycles. The molecular formula is C24H22N2O4S2. The van der Waals surface area contributed by atoms with Gasteiger partial charge >= 0.3 is 0 Å². The maximum absolute atomic E-state index is 13.6. The van der Waals surface area contributed by atoms with Crippen molar-refractivity contribution in [1.82, 2.24) is 4.98 Å². The van der Waals surface area contributed by atoms with Crippen LogP contribution in [-0.4, -0.2) is 27.6 Å². The number of nitrogens with zero attached hydrogens (tertiary/aromatic N) is 1. The minimum Gasteiger partial charge on any atom is -0.339 e. The molecule has 2 heterocycles. The molecule has 0 aliphatic carbocycles. The maximum atomic E-state index is 13.6. The number of nitrogens with one attached hydrogen (secondary N) is 1. The molecule has 32 heavy (non-hydrogen) atoms. The van der Waals surface area contributed by atoms with Crippen LogP contribution >= 0.6 is 0 Å². The highest BCUT2D eigenvalue weighted by Gasteiger charge is 2.46. The molecule has 1 aliphatic rings. The van der Waals surface area contributed by atoms with Gasteiger partial charge in [0.05, 0.1) is 10.6 Å². The van der Waals surface area contributed by atoms with Crippen LogP contribution in [-0.2, 0) is 20.0 Å². The van der Waals surface area contributed by atoms with E-state index >= 15 is 0 Å². The van der Waals surface area contributed by atoms with Crippen LogP contribution in [0, 0.1) is 13.8 Å². The third-order valence-electron chi connectivity index (χ3n) is 5.87. The molecule has 6 nitrogen and oxygen atoms in total. The summed E-state index contributed by atoms with van der Waals surface area (Å²) in [5.41, 5.74) is 4.08. The summed E-state index contributed by atoms with van der Waals surface area (Å²) in [6.07, 6.45) is 0. The van der Waals surface area contributed by atoms with Gasteiger partial charge in [0.15, 0.2) is 0 Å². The number of aromatic nitrogens is 1. The van der Waals surface area contributed by atoms with Gasteiger partial charge in [0, 0.05) is 22.4 Å². The molecular weight excluding hydrogens is 444 g/mol. The van der Waals surface area contributed by atoms with Gasteiger partial charge in [0.25, 0.3) is 20.0 Å². The van der Waals surface area contributed by atoms with Gasteiger partial charge in [-0.15, -0.1) is 3.71 Å². The summed E-state index contributed by atoms with van der Waals surface area (Å²) in [6.45, 7) is 3.78. The predicted octanol–water partition coefficient (Wildman–Crippen LogP) is 4.46. The van der Waals surface area contributed by atoms with Crippen LogP contribution in [0.25, 0.3) is 10.9 Å². The van der Waals surface area contributed by atoms with E-state index in [1.165, 1.54) is 12.1 Å². The van der Waals surface area contributed by atoms with Crippen molar-refractivity contribution in [2.45, 2.75) is 24.7 Å². The number of H-pyrrole nitrogens is 1. The summed E-state index contributed by atoms with van der Waals surface area (Å²) < 4.78 is 54.7. The van der Waals surface area contributed by atoms with Gasteiger partial charge in [-0.25, -0.2) is 8.42 Å². The number of aromatic amines is 1. The Morgan fingerprint density at radius 1 is 0.906 bits per heavy atom. The Bertz CT molecular complexity index is 1540. The molecule has 3 aromatic carbocycles. The molecule has 0 fully saturated rings. The molecule has 0 radical (unpaired) electrons. The molecule has 1 N–H and O–H groups in total. The lowest BCUT2D eigenvalue weighted by molar-refractivity contribution is 0.579. The van der Waals surface area contributed by atoms with E-state index in [0.717, 1.165) is 22.1 Å². The number of benzene rings is 3. The van der Waals surface area contributed by atoms with E-state index in [1.54, 1.807) is 12.1 Å². The zero-order valence-electron chi connectivity index (χ0n) is 17.6. The summed E-state index contributed by atoms with van der Waals surface area (Å²) >= 11 is 0. The fourth-order valence-electron chi connectivity index (χ4n) is 4.34. The van der Waals surface area contributed by atoms with Crippen LogP contribution in [0.4, 0.5) is 5.82 Å². The Morgan fingerprint density at radius 2 is 1.56 bits per heavy atom. The third kappa shape index (κ3) is 3.22. The van der Waals surface area contributed by atoms with Crippen LogP contribution in [0.3, 0.4) is 0 Å². The van der Waals surface area contributed by atoms with Crippen molar-refractivity contribution in [2.75, 3.05) is 9.46 Å². The highest BCUT2D eigenvalue weighted by atomic mass is 32.3. The first-order valence-corrected chi connectivity index (χ1v) is 13.3. The first-order valence-electron chi connectivity index (χ1n) is 10.2. The quantitative estimate of drug-likeness (QED) is 0.483. The Hall–Kier alpha value is -3.10. The summed E-state index contributed by atoms with van der Waals surface area (Å²) in [6, 6.07) is 21.3. The Morgan fingerprint density at radius 3 is 2.25 bits per heavy atom. The van der Waals surface area contributed by atoms with E-state index < -0.39 is 26.0 Å². The largest absolute Gasteiger partial charge is 0.339 e. The smallest absolute Gasteiger partial charge is 0.278 e. The second kappa shape index (κ2) is 7.21. The Labute approximate surface area is 187 Å². The molecule has 5 rings (SSSR count). The van der Waals surface area contributed by atoms with Crippen molar-refractivity contribution in [3.63, 3.8) is 0 Å². The minimum atomic E-state index is -4.35. The van der Waals surface area contributed by atoms with E-state index in [4.69, 9.17) is 0 Å². The highest BCUT2D eigenvalue weighted by Crippen LogP contribution is 2.46. The van der Waals surface area contributed by atoms with Crippen molar-refractivity contribution in [1.29, 1.82) is 0 Å². The summed E-state index contributed by atoms with van der Waals surface area (Å²) in [5, 5.41) is 0.818. The maximum Gasteiger partial charge on any atom is 0.278 e. The van der Waals surface area contributed by atoms with E-state index in [1.807, 2.05) is 62.4 Å². The molecule has 8 heteroatoms. The van der Waals surface area contributed by atoms with Crippen LogP contribution in [0.15, 0.2) is 77.7 Å². The molecule has 1 aromatic heterocycles. The van der Waals surface area contributed by atoms with E-state index in [0.29, 0.717) is 14.8 Å². The van der Waals surface area contributed by atoms with Crippen LogP contribution in [0.5, 0.6) is 0 Å². The Kier molecular flexibility index (Phi) is 4.69. The van der Waals surface area contributed by atoms with Crippen molar-refractivity contribution in [3.05, 3.63) is 95.1 Å². The average molecular weight is 467 g/mol. The van der Waals surface area contributed by atoms with E-state index in [-0.39, 0.29) is 16.5 Å². The standard InChI is InChI=1S/C24H22N2O4S2/c1-16-8-11-19(12-9-16)32(29,30)26-24-23(20-13-10-17(2)14-22(20)25-24)21(15-31(26,27)28)18-6-4-3-5-7-18/h3-14,21,25H,15H2,1-2H3. The number of fused-ring (bicyclic) bond motifs is 3. The first kappa shape index (κ1) is 20.8. The normalized spacial score (nSPS) is 17.9. The number of sulfonamides is 2. The lowest BCUT2D eigenvalue weighted by atomic mass is 9.91. The molecule has 0 bridgehead atoms. The molecule has 164 valence electrons. The summed E-state index contributed by atoms with van der Waals surface area (Å²) in [4.78, 5) is 3.05. The number of rotatable bonds is 3. The second-order valence-electron chi connectivity index (χ2n) is 8.19. The van der Waals surface area contributed by atoms with Gasteiger partial charge < -0.3 is 4.98 Å². The number of hydrogen-bond acceptors (Lipinski definition) is 4. The number of anilines is 1. The lowest BCUT2D eigenvalue weighted by Crippen LogP contribution is -2.43. The highest BCUT2D eigenvalue weighted by molar-refractivity contribution is 8.10. The summed E-state index contributed by atoms with van der Waals surface area (Å²) in [7, 11) is -8.54. The number of aryl methyl sites for hydroxylation is 2. The molecule has 0 saturated carbocycles. The average Bonchev–Trinajstić information content (AvgIpc) is 3.10. The lowest BCUT2D eigenvalue weighted by Gasteiger charge is -2.32. The summed E-state index contributed by atoms with van der Waals surface area (Å²) in [5.74, 6) is -0.737. The number of hydrogen-bond donors (Lipinski definition) is 1. The zero-order valence-corrected chi connectivity index (χ0v) is 19.2. The minimum absolute atomic E-state index is 0.0642. The van der Waals surface area contributed by atoms with Crippen molar-refractivity contribution in [2.24, 2.45) is 0 Å². The molecule has 4 aromatic rings. The van der Waals surface area contributed by atoms with Gasteiger partial charge in [0.1, 0.15) is 5.82 Å². The van der Waals surface area contributed by atoms with Gasteiger partial charge in [-0.05, 0) is 43.2 Å². The van der Waals surface area contributed by atoms with E-state index in [9.17, 15) is 16.8 Å². The third-order valence-corrected chi connectivity index (χ3v) is 10.1. The molecule has 0 saturated heterocycles. The van der Waals surface area contributed by atoms with Crippen LogP contribution in [0.1, 0.15) is 28.2 Å². The Balaban J connectivity index is 1.81. The topological polar surface area (TPSA) is 87.3 Å². The van der Waals surface area contributed by atoms with Crippen molar-refractivity contribution >= 4 is 36.8 Å². The molecule has 1 unspecified atom stereocenters. The van der Waals surface area contributed by atoms with Crippen molar-refractivity contribution < 1.29 is 16.8 Å². The SMILES string of the molecule is Cc1ccc(S(=O)(=O)N2c3[nH]c4cc(C)ccc4c3C(c3ccccc3)CS2(=O)=O)cc1.